The van der Waals surface area contributed by atoms with Crippen molar-refractivity contribution in [2.75, 3.05) is 5.73 Å². The molecule has 2 aromatic carbocycles. The Balaban J connectivity index is 1.83. The number of anilines is 1. The summed E-state index contributed by atoms with van der Waals surface area (Å²) in [6.07, 6.45) is 0.953. The number of hydrogen-bond donors (Lipinski definition) is 1. The highest BCUT2D eigenvalue weighted by molar-refractivity contribution is 7.10. The number of nitrogens with zero attached hydrogens (tertiary/aromatic N) is 1. The van der Waals surface area contributed by atoms with Gasteiger partial charge in [0.05, 0.1) is 10.7 Å². The molecule has 2 N–H and O–H groups in total. The molecule has 0 aliphatic rings. The second-order valence-corrected chi connectivity index (χ2v) is 7.56. The SMILES string of the molecule is Cc1ccc(-c2csc(C(C)(C)Cc3ccc(N)cc3)n2)cc1. The number of nitrogens with two attached hydrogens (primary N) is 1. The minimum atomic E-state index is 0.00370. The van der Waals surface area contributed by atoms with Crippen molar-refractivity contribution >= 4 is 17.0 Å². The fraction of sp³-hybridized carbons (Fsp3) is 0.250. The van der Waals surface area contributed by atoms with Crippen LogP contribution in [0.3, 0.4) is 0 Å². The first-order chi connectivity index (χ1) is 10.9. The van der Waals surface area contributed by atoms with E-state index in [0.29, 0.717) is 0 Å². The summed E-state index contributed by atoms with van der Waals surface area (Å²) >= 11 is 1.74. The fourth-order valence-electron chi connectivity index (χ4n) is 2.66. The van der Waals surface area contributed by atoms with Crippen LogP contribution in [0.5, 0.6) is 0 Å². The quantitative estimate of drug-likeness (QED) is 0.669. The average molecular weight is 322 g/mol. The lowest BCUT2D eigenvalue weighted by atomic mass is 9.86. The molecular formula is C20H22N2S. The van der Waals surface area contributed by atoms with Crippen LogP contribution in [-0.4, -0.2) is 4.98 Å². The first kappa shape index (κ1) is 15.8. The number of hydrogen-bond acceptors (Lipinski definition) is 3. The molecule has 0 saturated heterocycles. The molecule has 0 aliphatic carbocycles. The lowest BCUT2D eigenvalue weighted by Gasteiger charge is -2.22. The molecule has 0 saturated carbocycles. The van der Waals surface area contributed by atoms with Crippen LogP contribution < -0.4 is 5.73 Å². The first-order valence-electron chi connectivity index (χ1n) is 7.81. The molecule has 1 aromatic heterocycles. The predicted octanol–water partition coefficient (Wildman–Crippen LogP) is 5.22. The molecule has 0 bridgehead atoms. The summed E-state index contributed by atoms with van der Waals surface area (Å²) in [6.45, 7) is 6.61. The molecule has 23 heavy (non-hydrogen) atoms. The van der Waals surface area contributed by atoms with Gasteiger partial charge in [0.1, 0.15) is 0 Å². The first-order valence-corrected chi connectivity index (χ1v) is 8.69. The van der Waals surface area contributed by atoms with Crippen molar-refractivity contribution in [2.24, 2.45) is 0 Å². The Morgan fingerprint density at radius 1 is 1.00 bits per heavy atom. The third-order valence-electron chi connectivity index (χ3n) is 4.06. The second-order valence-electron chi connectivity index (χ2n) is 6.71. The molecule has 1 heterocycles. The lowest BCUT2D eigenvalue weighted by Crippen LogP contribution is -2.20. The normalized spacial score (nSPS) is 11.6. The summed E-state index contributed by atoms with van der Waals surface area (Å²) in [5.74, 6) is 0. The highest BCUT2D eigenvalue weighted by Gasteiger charge is 2.25. The molecule has 0 aliphatic heterocycles. The van der Waals surface area contributed by atoms with Crippen LogP contribution in [0.15, 0.2) is 53.9 Å². The fourth-order valence-corrected chi connectivity index (χ4v) is 3.62. The van der Waals surface area contributed by atoms with Gasteiger partial charge in [0, 0.05) is 22.0 Å². The number of aryl methyl sites for hydroxylation is 1. The smallest absolute Gasteiger partial charge is 0.0992 e. The van der Waals surface area contributed by atoms with Crippen LogP contribution in [0.2, 0.25) is 0 Å². The van der Waals surface area contributed by atoms with Crippen molar-refractivity contribution in [1.82, 2.24) is 4.98 Å². The topological polar surface area (TPSA) is 38.9 Å². The largest absolute Gasteiger partial charge is 0.399 e. The molecule has 3 heteroatoms. The van der Waals surface area contributed by atoms with Crippen LogP contribution in [0, 0.1) is 6.92 Å². The van der Waals surface area contributed by atoms with E-state index in [1.165, 1.54) is 21.7 Å². The van der Waals surface area contributed by atoms with E-state index in [1.54, 1.807) is 11.3 Å². The molecule has 0 atom stereocenters. The van der Waals surface area contributed by atoms with Gasteiger partial charge in [-0.25, -0.2) is 4.98 Å². The van der Waals surface area contributed by atoms with Crippen molar-refractivity contribution in [3.63, 3.8) is 0 Å². The monoisotopic (exact) mass is 322 g/mol. The Kier molecular flexibility index (Phi) is 4.22. The summed E-state index contributed by atoms with van der Waals surface area (Å²) in [4.78, 5) is 4.89. The maximum Gasteiger partial charge on any atom is 0.0992 e. The van der Waals surface area contributed by atoms with Gasteiger partial charge in [-0.05, 0) is 31.0 Å². The van der Waals surface area contributed by atoms with Crippen molar-refractivity contribution in [1.29, 1.82) is 0 Å². The Labute approximate surface area is 142 Å². The van der Waals surface area contributed by atoms with E-state index in [4.69, 9.17) is 10.7 Å². The van der Waals surface area contributed by atoms with Gasteiger partial charge in [0.25, 0.3) is 0 Å². The predicted molar refractivity (Wildman–Crippen MR) is 99.9 cm³/mol. The highest BCUT2D eigenvalue weighted by atomic mass is 32.1. The zero-order valence-electron chi connectivity index (χ0n) is 13.8. The van der Waals surface area contributed by atoms with E-state index in [-0.39, 0.29) is 5.41 Å². The summed E-state index contributed by atoms with van der Waals surface area (Å²) in [6, 6.07) is 16.7. The molecule has 2 nitrogen and oxygen atoms in total. The van der Waals surface area contributed by atoms with Crippen LogP contribution in [0.25, 0.3) is 11.3 Å². The molecule has 3 rings (SSSR count). The number of benzene rings is 2. The summed E-state index contributed by atoms with van der Waals surface area (Å²) in [7, 11) is 0. The van der Waals surface area contributed by atoms with Crippen molar-refractivity contribution < 1.29 is 0 Å². The van der Waals surface area contributed by atoms with Crippen molar-refractivity contribution in [2.45, 2.75) is 32.6 Å². The summed E-state index contributed by atoms with van der Waals surface area (Å²) < 4.78 is 0. The molecule has 0 fully saturated rings. The molecular weight excluding hydrogens is 300 g/mol. The Bertz CT molecular complexity index is 783. The number of thiazole rings is 1. The minimum absolute atomic E-state index is 0.00370. The molecule has 3 aromatic rings. The van der Waals surface area contributed by atoms with Gasteiger partial charge in [-0.15, -0.1) is 11.3 Å². The summed E-state index contributed by atoms with van der Waals surface area (Å²) in [5, 5.41) is 3.33. The van der Waals surface area contributed by atoms with Gasteiger partial charge in [0.15, 0.2) is 0 Å². The van der Waals surface area contributed by atoms with Crippen LogP contribution >= 0.6 is 11.3 Å². The zero-order chi connectivity index (χ0) is 16.4. The van der Waals surface area contributed by atoms with Gasteiger partial charge >= 0.3 is 0 Å². The Hall–Kier alpha value is -2.13. The molecule has 118 valence electrons. The van der Waals surface area contributed by atoms with Crippen LogP contribution in [0.4, 0.5) is 5.69 Å². The van der Waals surface area contributed by atoms with Crippen LogP contribution in [-0.2, 0) is 11.8 Å². The maximum absolute atomic E-state index is 5.77. The van der Waals surface area contributed by atoms with E-state index >= 15 is 0 Å². The number of aromatic nitrogens is 1. The van der Waals surface area contributed by atoms with Gasteiger partial charge in [-0.1, -0.05) is 55.8 Å². The van der Waals surface area contributed by atoms with Crippen molar-refractivity contribution in [3.8, 4) is 11.3 Å². The number of rotatable bonds is 4. The third-order valence-corrected chi connectivity index (χ3v) is 5.26. The van der Waals surface area contributed by atoms with Gasteiger partial charge in [-0.3, -0.25) is 0 Å². The highest BCUT2D eigenvalue weighted by Crippen LogP contribution is 2.33. The van der Waals surface area contributed by atoms with Crippen LogP contribution in [0.1, 0.15) is 30.0 Å². The van der Waals surface area contributed by atoms with Crippen molar-refractivity contribution in [3.05, 3.63) is 70.0 Å². The van der Waals surface area contributed by atoms with E-state index in [9.17, 15) is 0 Å². The van der Waals surface area contributed by atoms with E-state index in [1.807, 2.05) is 12.1 Å². The third kappa shape index (κ3) is 3.62. The lowest BCUT2D eigenvalue weighted by molar-refractivity contribution is 0.519. The molecule has 0 spiro atoms. The molecule has 0 amide bonds. The standard InChI is InChI=1S/C20H22N2S/c1-14-4-8-16(9-5-14)18-13-23-19(22-18)20(2,3)12-15-6-10-17(21)11-7-15/h4-11,13H,12,21H2,1-3H3. The Morgan fingerprint density at radius 3 is 2.30 bits per heavy atom. The molecule has 0 unspecified atom stereocenters. The zero-order valence-corrected chi connectivity index (χ0v) is 14.7. The molecule has 0 radical (unpaired) electrons. The maximum atomic E-state index is 5.77. The van der Waals surface area contributed by atoms with Gasteiger partial charge < -0.3 is 5.73 Å². The van der Waals surface area contributed by atoms with E-state index in [2.05, 4.69) is 62.5 Å². The average Bonchev–Trinajstić information content (AvgIpc) is 3.01. The number of nitrogen functional groups attached to an aromatic ring is 1. The van der Waals surface area contributed by atoms with E-state index < -0.39 is 0 Å². The minimum Gasteiger partial charge on any atom is -0.399 e. The van der Waals surface area contributed by atoms with Gasteiger partial charge in [0.2, 0.25) is 0 Å². The second kappa shape index (κ2) is 6.17. The Morgan fingerprint density at radius 2 is 1.65 bits per heavy atom. The van der Waals surface area contributed by atoms with E-state index in [0.717, 1.165) is 17.8 Å². The summed E-state index contributed by atoms with van der Waals surface area (Å²) in [5.41, 5.74) is 11.4. The van der Waals surface area contributed by atoms with Gasteiger partial charge in [-0.2, -0.15) is 0 Å².